The summed E-state index contributed by atoms with van der Waals surface area (Å²) in [5.41, 5.74) is 0.355. The Balaban J connectivity index is 2.62. The summed E-state index contributed by atoms with van der Waals surface area (Å²) in [5, 5.41) is 11.4. The van der Waals surface area contributed by atoms with Crippen LogP contribution >= 0.6 is 0 Å². The summed E-state index contributed by atoms with van der Waals surface area (Å²) in [4.78, 5) is 23.2. The zero-order valence-corrected chi connectivity index (χ0v) is 11.9. The zero-order valence-electron chi connectivity index (χ0n) is 11.9. The van der Waals surface area contributed by atoms with Crippen LogP contribution in [-0.2, 0) is 9.53 Å². The number of hydrogen-bond acceptors (Lipinski definition) is 5. The molecular formula is C15H19NO5. The number of ether oxygens (including phenoxy) is 2. The maximum atomic E-state index is 11.9. The van der Waals surface area contributed by atoms with Crippen LogP contribution in [-0.4, -0.2) is 43.3 Å². The van der Waals surface area contributed by atoms with Gasteiger partial charge in [-0.1, -0.05) is 6.08 Å². The highest BCUT2D eigenvalue weighted by Crippen LogP contribution is 2.12. The molecule has 0 aliphatic heterocycles. The van der Waals surface area contributed by atoms with Crippen molar-refractivity contribution in [3.05, 3.63) is 42.5 Å². The number of rotatable bonds is 8. The Hall–Kier alpha value is -2.34. The van der Waals surface area contributed by atoms with Crippen LogP contribution in [0.1, 0.15) is 16.8 Å². The first-order valence-corrected chi connectivity index (χ1v) is 6.45. The summed E-state index contributed by atoms with van der Waals surface area (Å²) in [7, 11) is 1.19. The molecule has 0 aromatic heterocycles. The quantitative estimate of drug-likeness (QED) is 0.423. The maximum absolute atomic E-state index is 11.9. The molecule has 6 nitrogen and oxygen atoms in total. The number of aliphatic hydroxyl groups excluding tert-OH is 1. The fourth-order valence-corrected chi connectivity index (χ4v) is 1.53. The second-order valence-electron chi connectivity index (χ2n) is 4.18. The van der Waals surface area contributed by atoms with E-state index >= 15 is 0 Å². The van der Waals surface area contributed by atoms with Crippen LogP contribution in [0.2, 0.25) is 0 Å². The van der Waals surface area contributed by atoms with Gasteiger partial charge >= 0.3 is 5.97 Å². The number of carbonyl (C=O) groups is 2. The molecule has 0 fully saturated rings. The Morgan fingerprint density at radius 3 is 2.57 bits per heavy atom. The van der Waals surface area contributed by atoms with Crippen molar-refractivity contribution in [3.63, 3.8) is 0 Å². The summed E-state index contributed by atoms with van der Waals surface area (Å²) in [6, 6.07) is 5.38. The lowest BCUT2D eigenvalue weighted by Gasteiger charge is -2.14. The lowest BCUT2D eigenvalue weighted by Crippen LogP contribution is -2.44. The van der Waals surface area contributed by atoms with Gasteiger partial charge in [-0.05, 0) is 30.7 Å². The molecule has 0 heterocycles. The van der Waals surface area contributed by atoms with Crippen LogP contribution in [0.15, 0.2) is 36.9 Å². The van der Waals surface area contributed by atoms with Gasteiger partial charge in [-0.15, -0.1) is 6.58 Å². The summed E-state index contributed by atoms with van der Waals surface area (Å²) in [5.74, 6) is -0.535. The van der Waals surface area contributed by atoms with Crippen molar-refractivity contribution >= 4 is 11.9 Å². The Bertz CT molecular complexity index is 483. The van der Waals surface area contributed by atoms with Crippen molar-refractivity contribution in [2.45, 2.75) is 12.5 Å². The lowest BCUT2D eigenvalue weighted by atomic mass is 10.2. The highest BCUT2D eigenvalue weighted by atomic mass is 16.5. The van der Waals surface area contributed by atoms with Gasteiger partial charge in [0.1, 0.15) is 5.75 Å². The summed E-state index contributed by atoms with van der Waals surface area (Å²) < 4.78 is 9.89. The fraction of sp³-hybridized carbons (Fsp3) is 0.333. The highest BCUT2D eigenvalue weighted by molar-refractivity contribution is 5.96. The minimum Gasteiger partial charge on any atom is -0.493 e. The van der Waals surface area contributed by atoms with Crippen LogP contribution < -0.4 is 10.1 Å². The van der Waals surface area contributed by atoms with Gasteiger partial charge in [0.05, 0.1) is 20.3 Å². The van der Waals surface area contributed by atoms with Gasteiger partial charge in [0.15, 0.2) is 6.04 Å². The monoisotopic (exact) mass is 293 g/mol. The molecule has 2 N–H and O–H groups in total. The van der Waals surface area contributed by atoms with Crippen LogP contribution in [0.25, 0.3) is 0 Å². The molecule has 1 rings (SSSR count). The number of hydrogen-bond donors (Lipinski definition) is 2. The SMILES string of the molecule is C=CCCOc1ccc(C(=O)N[C@H](CO)C(=O)OC)cc1. The Morgan fingerprint density at radius 1 is 1.38 bits per heavy atom. The first kappa shape index (κ1) is 16.7. The number of esters is 1. The van der Waals surface area contributed by atoms with E-state index < -0.39 is 24.5 Å². The first-order chi connectivity index (χ1) is 10.1. The molecule has 0 radical (unpaired) electrons. The minimum absolute atomic E-state index is 0.355. The molecule has 0 aliphatic carbocycles. The van der Waals surface area contributed by atoms with Gasteiger partial charge in [-0.25, -0.2) is 4.79 Å². The molecule has 21 heavy (non-hydrogen) atoms. The molecule has 1 aromatic carbocycles. The average molecular weight is 293 g/mol. The van der Waals surface area contributed by atoms with Crippen LogP contribution in [0.4, 0.5) is 0 Å². The topological polar surface area (TPSA) is 84.9 Å². The van der Waals surface area contributed by atoms with E-state index in [9.17, 15) is 9.59 Å². The van der Waals surface area contributed by atoms with Gasteiger partial charge in [0.2, 0.25) is 0 Å². The minimum atomic E-state index is -1.08. The molecule has 114 valence electrons. The standard InChI is InChI=1S/C15H19NO5/c1-3-4-9-21-12-7-5-11(6-8-12)14(18)16-13(10-17)15(19)20-2/h3,5-8,13,17H,1,4,9-10H2,2H3,(H,16,18)/t13-/m1/s1. The molecular weight excluding hydrogens is 274 g/mol. The number of nitrogens with one attached hydrogen (secondary N) is 1. The van der Waals surface area contributed by atoms with Crippen molar-refractivity contribution in [2.24, 2.45) is 0 Å². The Labute approximate surface area is 123 Å². The fourth-order valence-electron chi connectivity index (χ4n) is 1.53. The molecule has 0 unspecified atom stereocenters. The van der Waals surface area contributed by atoms with Gasteiger partial charge in [0.25, 0.3) is 5.91 Å². The van der Waals surface area contributed by atoms with Crippen LogP contribution in [0.3, 0.4) is 0 Å². The third kappa shape index (κ3) is 5.27. The molecule has 0 spiro atoms. The van der Waals surface area contributed by atoms with E-state index in [1.165, 1.54) is 7.11 Å². The highest BCUT2D eigenvalue weighted by Gasteiger charge is 2.20. The molecule has 1 amide bonds. The number of carbonyl (C=O) groups excluding carboxylic acids is 2. The summed E-state index contributed by atoms with van der Waals surface area (Å²) in [6.45, 7) is 3.59. The predicted molar refractivity (Wildman–Crippen MR) is 77.1 cm³/mol. The molecule has 0 bridgehead atoms. The van der Waals surface area contributed by atoms with Gasteiger partial charge < -0.3 is 19.9 Å². The van der Waals surface area contributed by atoms with Crippen molar-refractivity contribution in [1.29, 1.82) is 0 Å². The van der Waals surface area contributed by atoms with Crippen molar-refractivity contribution in [3.8, 4) is 5.75 Å². The largest absolute Gasteiger partial charge is 0.493 e. The van der Waals surface area contributed by atoms with E-state index in [0.717, 1.165) is 6.42 Å². The van der Waals surface area contributed by atoms with Crippen molar-refractivity contribution < 1.29 is 24.2 Å². The first-order valence-electron chi connectivity index (χ1n) is 6.45. The van der Waals surface area contributed by atoms with E-state index in [0.29, 0.717) is 17.9 Å². The second-order valence-corrected chi connectivity index (χ2v) is 4.18. The smallest absolute Gasteiger partial charge is 0.330 e. The number of amides is 1. The molecule has 1 atom stereocenters. The van der Waals surface area contributed by atoms with E-state index in [-0.39, 0.29) is 0 Å². The normalized spacial score (nSPS) is 11.3. The Kier molecular flexibility index (Phi) is 6.97. The van der Waals surface area contributed by atoms with Crippen LogP contribution in [0.5, 0.6) is 5.75 Å². The van der Waals surface area contributed by atoms with Crippen molar-refractivity contribution in [1.82, 2.24) is 5.32 Å². The van der Waals surface area contributed by atoms with E-state index in [1.54, 1.807) is 30.3 Å². The number of methoxy groups -OCH3 is 1. The summed E-state index contributed by atoms with van der Waals surface area (Å²) >= 11 is 0. The molecule has 0 saturated heterocycles. The average Bonchev–Trinajstić information content (AvgIpc) is 2.52. The maximum Gasteiger partial charge on any atom is 0.330 e. The number of benzene rings is 1. The predicted octanol–water partition coefficient (Wildman–Crippen LogP) is 0.905. The molecule has 0 saturated carbocycles. The third-order valence-corrected chi connectivity index (χ3v) is 2.68. The summed E-state index contributed by atoms with van der Waals surface area (Å²) in [6.07, 6.45) is 2.49. The zero-order chi connectivity index (χ0) is 15.7. The molecule has 0 aliphatic rings. The van der Waals surface area contributed by atoms with Gasteiger partial charge in [-0.3, -0.25) is 4.79 Å². The van der Waals surface area contributed by atoms with Gasteiger partial charge in [-0.2, -0.15) is 0 Å². The molecule has 1 aromatic rings. The van der Waals surface area contributed by atoms with Crippen LogP contribution in [0, 0.1) is 0 Å². The van der Waals surface area contributed by atoms with E-state index in [4.69, 9.17) is 9.84 Å². The molecule has 6 heteroatoms. The van der Waals surface area contributed by atoms with E-state index in [1.807, 2.05) is 0 Å². The van der Waals surface area contributed by atoms with Gasteiger partial charge in [0, 0.05) is 5.56 Å². The number of aliphatic hydroxyl groups is 1. The van der Waals surface area contributed by atoms with E-state index in [2.05, 4.69) is 16.6 Å². The van der Waals surface area contributed by atoms with Crippen molar-refractivity contribution in [2.75, 3.05) is 20.3 Å². The Morgan fingerprint density at radius 2 is 2.05 bits per heavy atom. The third-order valence-electron chi connectivity index (χ3n) is 2.68. The second kappa shape index (κ2) is 8.76. The lowest BCUT2D eigenvalue weighted by molar-refractivity contribution is -0.143.